The Morgan fingerprint density at radius 2 is 1.39 bits per heavy atom. The van der Waals surface area contributed by atoms with Gasteiger partial charge in [0.2, 0.25) is 41.4 Å². The summed E-state index contributed by atoms with van der Waals surface area (Å²) >= 11 is 0. The third-order valence-electron chi connectivity index (χ3n) is 10.7. The van der Waals surface area contributed by atoms with Gasteiger partial charge in [-0.25, -0.2) is 9.78 Å². The molecule has 67 heavy (non-hydrogen) atoms. The number of guanidine groups is 1. The zero-order chi connectivity index (χ0) is 50.0. The van der Waals surface area contributed by atoms with E-state index in [0.29, 0.717) is 17.7 Å². The Balaban J connectivity index is 1.89. The van der Waals surface area contributed by atoms with Gasteiger partial charge in [-0.2, -0.15) is 0 Å². The summed E-state index contributed by atoms with van der Waals surface area (Å²) in [7, 11) is 0. The number of nitrogens with one attached hydrogen (secondary N) is 8. The van der Waals surface area contributed by atoms with E-state index in [0.717, 1.165) is 0 Å². The molecule has 0 radical (unpaired) electrons. The van der Waals surface area contributed by atoms with E-state index in [2.05, 4.69) is 52.2 Å². The molecule has 1 aliphatic heterocycles. The number of hydrogen-bond acceptors (Lipinski definition) is 12. The topological polar surface area (TPSA) is 401 Å². The van der Waals surface area contributed by atoms with Crippen molar-refractivity contribution in [2.45, 2.75) is 115 Å². The molecular weight excluding hydrogens is 877 g/mol. The molecule has 1 fully saturated rings. The number of primary amides is 1. The number of hydrogen-bond donors (Lipinski definition) is 13. The Morgan fingerprint density at radius 3 is 1.93 bits per heavy atom. The predicted molar refractivity (Wildman–Crippen MR) is 241 cm³/mol. The minimum absolute atomic E-state index is 0.0102. The van der Waals surface area contributed by atoms with Crippen molar-refractivity contribution in [1.82, 2.24) is 52.1 Å². The highest BCUT2D eigenvalue weighted by molar-refractivity contribution is 5.98. The van der Waals surface area contributed by atoms with E-state index in [4.69, 9.17) is 17.2 Å². The smallest absolute Gasteiger partial charge is 0.325 e. The summed E-state index contributed by atoms with van der Waals surface area (Å²) < 4.78 is 0. The second-order valence-electron chi connectivity index (χ2n) is 16.8. The van der Waals surface area contributed by atoms with Gasteiger partial charge < -0.3 is 74.5 Å². The fourth-order valence-electron chi connectivity index (χ4n) is 7.05. The molecule has 0 bridgehead atoms. The van der Waals surface area contributed by atoms with Crippen LogP contribution in [0.5, 0.6) is 5.75 Å². The van der Waals surface area contributed by atoms with Gasteiger partial charge in [0.25, 0.3) is 0 Å². The number of phenols is 1. The summed E-state index contributed by atoms with van der Waals surface area (Å²) in [5.74, 6) is -7.93. The van der Waals surface area contributed by atoms with Crippen molar-refractivity contribution in [3.05, 3.63) is 48.0 Å². The first-order valence-electron chi connectivity index (χ1n) is 21.8. The van der Waals surface area contributed by atoms with Gasteiger partial charge in [-0.3, -0.25) is 43.3 Å². The number of carboxylic acid groups (broad SMARTS) is 1. The van der Waals surface area contributed by atoms with Gasteiger partial charge in [0.05, 0.1) is 12.9 Å². The summed E-state index contributed by atoms with van der Waals surface area (Å²) in [5.41, 5.74) is 16.8. The van der Waals surface area contributed by atoms with Crippen LogP contribution in [0.4, 0.5) is 4.79 Å². The lowest BCUT2D eigenvalue weighted by Gasteiger charge is -2.31. The summed E-state index contributed by atoms with van der Waals surface area (Å²) in [6.45, 7) is 7.57. The molecule has 1 aromatic heterocycles. The lowest BCUT2D eigenvalue weighted by molar-refractivity contribution is -0.144. The molecule has 0 aliphatic carbocycles. The predicted octanol–water partition coefficient (Wildman–Crippen LogP) is -3.06. The number of aromatic hydroxyl groups is 1. The number of nitrogens with zero attached hydrogens (tertiary/aromatic N) is 3. The largest absolute Gasteiger partial charge is 0.508 e. The summed E-state index contributed by atoms with van der Waals surface area (Å²) in [6, 6.07) is -3.87. The number of aliphatic carboxylic acids is 1. The number of nitrogens with two attached hydrogens (primary N) is 3. The average molecular weight is 941 g/mol. The molecule has 2 aromatic rings. The zero-order valence-corrected chi connectivity index (χ0v) is 38.2. The van der Waals surface area contributed by atoms with Crippen molar-refractivity contribution in [1.29, 1.82) is 0 Å². The molecule has 1 saturated heterocycles. The molecule has 2 heterocycles. The van der Waals surface area contributed by atoms with Crippen LogP contribution in [0.2, 0.25) is 0 Å². The molecule has 368 valence electrons. The summed E-state index contributed by atoms with van der Waals surface area (Å²) in [6.07, 6.45) is 3.51. The van der Waals surface area contributed by atoms with E-state index in [1.54, 1.807) is 27.7 Å². The molecule has 0 saturated carbocycles. The fraction of sp³-hybridized carbons (Fsp3) is 0.548. The number of likely N-dealkylation sites (tertiary alicyclic amines) is 1. The number of urea groups is 1. The fourth-order valence-corrected chi connectivity index (χ4v) is 7.05. The van der Waals surface area contributed by atoms with Gasteiger partial charge in [-0.05, 0) is 62.1 Å². The molecule has 1 aromatic carbocycles. The first kappa shape index (κ1) is 53.9. The van der Waals surface area contributed by atoms with Gasteiger partial charge in [-0.1, -0.05) is 39.8 Å². The third kappa shape index (κ3) is 17.5. The standard InChI is InChI=1S/C42H64N14O11/c1-21(2)32(54-34(59)27(8-6-14-47-41(43)44)51-31(58)19-48-42(45)67)37(62)52-28(16-24-10-12-26(57)13-11-24)35(60)55-33(22(3)4)38(63)53-29(17-25-18-46-20-49-25)39(64)56-15-7-9-30(56)36(61)50-23(5)40(65)66/h10-13,18,20-23,27-30,32-33,57H,6-9,14-17,19H2,1-5H3,(H,46,49)(H,50,61)(H,51,58)(H,52,62)(H,53,63)(H,54,59)(H,55,60)(H,65,66)(H4,43,44,47)(H3,45,48,67)/t23-,27-,28-,29-,30-,32-,33-/m0/s1. The van der Waals surface area contributed by atoms with E-state index in [1.165, 1.54) is 48.6 Å². The highest BCUT2D eigenvalue weighted by Crippen LogP contribution is 2.21. The van der Waals surface area contributed by atoms with Crippen molar-refractivity contribution in [3.8, 4) is 5.75 Å². The Bertz CT molecular complexity index is 2080. The van der Waals surface area contributed by atoms with Crippen molar-refractivity contribution in [2.24, 2.45) is 34.0 Å². The molecule has 7 atom stereocenters. The molecule has 0 spiro atoms. The van der Waals surface area contributed by atoms with Crippen LogP contribution < -0.4 is 54.4 Å². The number of rotatable bonds is 25. The Hall–Kier alpha value is -7.47. The van der Waals surface area contributed by atoms with Crippen LogP contribution in [0.1, 0.15) is 71.6 Å². The maximum atomic E-state index is 14.3. The van der Waals surface area contributed by atoms with Crippen LogP contribution in [0.3, 0.4) is 0 Å². The number of benzene rings is 1. The lowest BCUT2D eigenvalue weighted by atomic mass is 9.98. The van der Waals surface area contributed by atoms with Crippen LogP contribution in [-0.4, -0.2) is 146 Å². The molecule has 9 amide bonds. The SMILES string of the molecule is CC(C)[C@H](NC(=O)[C@H](CCCN=C(N)N)NC(=O)CNC(N)=O)C(=O)N[C@@H](Cc1ccc(O)cc1)C(=O)N[C@H](C(=O)N[C@@H](Cc1cnc[nH]1)C(=O)N1CCC[C@H]1C(=O)N[C@@H](C)C(=O)O)C(C)C. The third-order valence-corrected chi connectivity index (χ3v) is 10.7. The van der Waals surface area contributed by atoms with Crippen molar-refractivity contribution >= 4 is 59.3 Å². The van der Waals surface area contributed by atoms with E-state index in [1.807, 2.05) is 0 Å². The van der Waals surface area contributed by atoms with E-state index in [-0.39, 0.29) is 56.9 Å². The van der Waals surface area contributed by atoms with E-state index < -0.39 is 114 Å². The quantitative estimate of drug-likeness (QED) is 0.0267. The van der Waals surface area contributed by atoms with Crippen molar-refractivity contribution in [2.75, 3.05) is 19.6 Å². The van der Waals surface area contributed by atoms with Crippen molar-refractivity contribution < 1.29 is 53.4 Å². The second kappa shape index (κ2) is 25.9. The van der Waals surface area contributed by atoms with Crippen LogP contribution in [0.15, 0.2) is 41.8 Å². The number of H-pyrrole nitrogens is 1. The molecule has 3 rings (SSSR count). The van der Waals surface area contributed by atoms with Crippen LogP contribution >= 0.6 is 0 Å². The minimum Gasteiger partial charge on any atom is -0.508 e. The molecular formula is C42H64N14O11. The molecule has 25 nitrogen and oxygen atoms in total. The maximum absolute atomic E-state index is 14.3. The van der Waals surface area contributed by atoms with Crippen LogP contribution in [0, 0.1) is 11.8 Å². The maximum Gasteiger partial charge on any atom is 0.325 e. The van der Waals surface area contributed by atoms with E-state index in [9.17, 15) is 53.4 Å². The zero-order valence-electron chi connectivity index (χ0n) is 38.2. The summed E-state index contributed by atoms with van der Waals surface area (Å²) in [4.78, 5) is 131. The first-order valence-corrected chi connectivity index (χ1v) is 21.8. The lowest BCUT2D eigenvalue weighted by Crippen LogP contribution is -2.61. The number of aliphatic imine (C=N–C) groups is 1. The number of carbonyl (C=O) groups is 9. The normalized spacial score (nSPS) is 16.0. The first-order chi connectivity index (χ1) is 31.6. The molecule has 25 heteroatoms. The number of carboxylic acids is 1. The summed E-state index contributed by atoms with van der Waals surface area (Å²) in [5, 5.41) is 37.1. The Labute approximate surface area is 387 Å². The highest BCUT2D eigenvalue weighted by Gasteiger charge is 2.40. The Kier molecular flexibility index (Phi) is 20.8. The number of amides is 9. The number of imidazole rings is 1. The Morgan fingerprint density at radius 1 is 0.791 bits per heavy atom. The number of aromatic nitrogens is 2. The number of phenolic OH excluding ortho intramolecular Hbond substituents is 1. The minimum atomic E-state index is -1.39. The van der Waals surface area contributed by atoms with Crippen LogP contribution in [-0.2, 0) is 51.2 Å². The van der Waals surface area contributed by atoms with Gasteiger partial charge in [0.15, 0.2) is 5.96 Å². The molecule has 0 unspecified atom stereocenters. The second-order valence-corrected chi connectivity index (χ2v) is 16.8. The highest BCUT2D eigenvalue weighted by atomic mass is 16.4. The monoisotopic (exact) mass is 940 g/mol. The average Bonchev–Trinajstić information content (AvgIpc) is 3.97. The number of carbonyl (C=O) groups excluding carboxylic acids is 8. The van der Waals surface area contributed by atoms with Gasteiger partial charge in [-0.15, -0.1) is 0 Å². The molecule has 1 aliphatic rings. The van der Waals surface area contributed by atoms with Gasteiger partial charge >= 0.3 is 12.0 Å². The van der Waals surface area contributed by atoms with Crippen LogP contribution in [0.25, 0.3) is 0 Å². The number of aromatic amines is 1. The van der Waals surface area contributed by atoms with Crippen molar-refractivity contribution in [3.63, 3.8) is 0 Å². The van der Waals surface area contributed by atoms with Gasteiger partial charge in [0, 0.05) is 37.8 Å². The molecule has 16 N–H and O–H groups in total. The van der Waals surface area contributed by atoms with E-state index >= 15 is 0 Å². The van der Waals surface area contributed by atoms with Gasteiger partial charge in [0.1, 0.15) is 48.0 Å².